The zero-order valence-corrected chi connectivity index (χ0v) is 14.1. The molecule has 0 bridgehead atoms. The van der Waals surface area contributed by atoms with Crippen molar-refractivity contribution in [2.45, 2.75) is 38.6 Å². The van der Waals surface area contributed by atoms with E-state index in [4.69, 9.17) is 0 Å². The Balaban J connectivity index is 1.64. The molecule has 0 spiro atoms. The molecular formula is C20H23N3O. The third kappa shape index (κ3) is 2.66. The van der Waals surface area contributed by atoms with Crippen LogP contribution in [0.1, 0.15) is 42.2 Å². The number of carbonyl (C=O) groups is 1. The standard InChI is InChI=1S/C20H23N3O/c1-15-13-16-7-3-4-8-19(16)23(15)17-9-10-21-18(14-17)20(24)22-11-5-2-6-12-22/h3-4,7-10,14-15H,2,5-6,11-13H2,1H3. The number of anilines is 2. The molecule has 0 radical (unpaired) electrons. The van der Waals surface area contributed by atoms with Crippen molar-refractivity contribution in [3.8, 4) is 0 Å². The predicted molar refractivity (Wildman–Crippen MR) is 95.7 cm³/mol. The van der Waals surface area contributed by atoms with Crippen molar-refractivity contribution in [1.29, 1.82) is 0 Å². The van der Waals surface area contributed by atoms with Crippen molar-refractivity contribution in [2.24, 2.45) is 0 Å². The smallest absolute Gasteiger partial charge is 0.272 e. The number of amides is 1. The Morgan fingerprint density at radius 2 is 1.92 bits per heavy atom. The van der Waals surface area contributed by atoms with Crippen LogP contribution in [0, 0.1) is 0 Å². The lowest BCUT2D eigenvalue weighted by Crippen LogP contribution is -2.36. The minimum atomic E-state index is 0.0664. The largest absolute Gasteiger partial charge is 0.338 e. The van der Waals surface area contributed by atoms with Crippen LogP contribution in [0.3, 0.4) is 0 Å². The molecule has 1 fully saturated rings. The Morgan fingerprint density at radius 3 is 2.75 bits per heavy atom. The van der Waals surface area contributed by atoms with Crippen molar-refractivity contribution in [1.82, 2.24) is 9.88 Å². The molecule has 1 unspecified atom stereocenters. The Labute approximate surface area is 143 Å². The molecule has 2 aromatic rings. The monoisotopic (exact) mass is 321 g/mol. The number of benzene rings is 1. The van der Waals surface area contributed by atoms with Gasteiger partial charge in [-0.3, -0.25) is 9.78 Å². The van der Waals surface area contributed by atoms with E-state index in [-0.39, 0.29) is 5.91 Å². The number of hydrogen-bond acceptors (Lipinski definition) is 3. The number of likely N-dealkylation sites (tertiary alicyclic amines) is 1. The number of piperidine rings is 1. The maximum absolute atomic E-state index is 12.7. The summed E-state index contributed by atoms with van der Waals surface area (Å²) in [5.41, 5.74) is 4.23. The van der Waals surface area contributed by atoms with E-state index in [1.807, 2.05) is 17.0 Å². The quantitative estimate of drug-likeness (QED) is 0.844. The van der Waals surface area contributed by atoms with Crippen LogP contribution in [0.15, 0.2) is 42.6 Å². The average Bonchev–Trinajstić information content (AvgIpc) is 2.97. The second kappa shape index (κ2) is 6.27. The maximum atomic E-state index is 12.7. The highest BCUT2D eigenvalue weighted by Crippen LogP contribution is 2.38. The third-order valence-electron chi connectivity index (χ3n) is 5.09. The molecule has 2 aliphatic heterocycles. The van der Waals surface area contributed by atoms with E-state index < -0.39 is 0 Å². The Morgan fingerprint density at radius 1 is 1.12 bits per heavy atom. The summed E-state index contributed by atoms with van der Waals surface area (Å²) >= 11 is 0. The summed E-state index contributed by atoms with van der Waals surface area (Å²) in [6.07, 6.45) is 6.22. The first kappa shape index (κ1) is 15.2. The molecule has 24 heavy (non-hydrogen) atoms. The minimum absolute atomic E-state index is 0.0664. The lowest BCUT2D eigenvalue weighted by Gasteiger charge is -2.28. The van der Waals surface area contributed by atoms with E-state index in [9.17, 15) is 4.79 Å². The summed E-state index contributed by atoms with van der Waals surface area (Å²) in [5, 5.41) is 0. The first-order valence-corrected chi connectivity index (χ1v) is 8.86. The summed E-state index contributed by atoms with van der Waals surface area (Å²) in [5.74, 6) is 0.0664. The molecule has 1 amide bonds. The summed E-state index contributed by atoms with van der Waals surface area (Å²) in [6, 6.07) is 12.9. The van der Waals surface area contributed by atoms with E-state index in [1.54, 1.807) is 6.20 Å². The molecule has 1 aromatic heterocycles. The highest BCUT2D eigenvalue weighted by Gasteiger charge is 2.28. The van der Waals surface area contributed by atoms with E-state index in [0.29, 0.717) is 11.7 Å². The summed E-state index contributed by atoms with van der Waals surface area (Å²) in [7, 11) is 0. The third-order valence-corrected chi connectivity index (χ3v) is 5.09. The second-order valence-corrected chi connectivity index (χ2v) is 6.80. The van der Waals surface area contributed by atoms with Crippen LogP contribution in [-0.2, 0) is 6.42 Å². The van der Waals surface area contributed by atoms with Gasteiger partial charge in [0.2, 0.25) is 0 Å². The molecule has 1 saturated heterocycles. The fourth-order valence-electron chi connectivity index (χ4n) is 3.90. The van der Waals surface area contributed by atoms with Gasteiger partial charge in [-0.2, -0.15) is 0 Å². The van der Waals surface area contributed by atoms with Gasteiger partial charge >= 0.3 is 0 Å². The highest BCUT2D eigenvalue weighted by atomic mass is 16.2. The predicted octanol–water partition coefficient (Wildman–Crippen LogP) is 3.79. The van der Waals surface area contributed by atoms with Gasteiger partial charge in [0.15, 0.2) is 0 Å². The highest BCUT2D eigenvalue weighted by molar-refractivity contribution is 5.93. The van der Waals surface area contributed by atoms with Gasteiger partial charge in [0.05, 0.1) is 0 Å². The number of nitrogens with zero attached hydrogens (tertiary/aromatic N) is 3. The van der Waals surface area contributed by atoms with Crippen LogP contribution in [0.5, 0.6) is 0 Å². The van der Waals surface area contributed by atoms with E-state index in [1.165, 1.54) is 17.7 Å². The average molecular weight is 321 g/mol. The van der Waals surface area contributed by atoms with Gasteiger partial charge in [-0.25, -0.2) is 0 Å². The molecule has 4 nitrogen and oxygen atoms in total. The number of aromatic nitrogens is 1. The zero-order valence-electron chi connectivity index (χ0n) is 14.1. The van der Waals surface area contributed by atoms with Crippen LogP contribution in [0.4, 0.5) is 11.4 Å². The van der Waals surface area contributed by atoms with Crippen molar-refractivity contribution in [3.63, 3.8) is 0 Å². The summed E-state index contributed by atoms with van der Waals surface area (Å²) in [4.78, 5) is 21.4. The van der Waals surface area contributed by atoms with Crippen LogP contribution in [0.2, 0.25) is 0 Å². The molecule has 0 aliphatic carbocycles. The lowest BCUT2D eigenvalue weighted by molar-refractivity contribution is 0.0718. The fourth-order valence-corrected chi connectivity index (χ4v) is 3.90. The minimum Gasteiger partial charge on any atom is -0.338 e. The maximum Gasteiger partial charge on any atom is 0.272 e. The lowest BCUT2D eigenvalue weighted by atomic mass is 10.1. The number of rotatable bonds is 2. The fraction of sp³-hybridized carbons (Fsp3) is 0.400. The zero-order chi connectivity index (χ0) is 16.5. The van der Waals surface area contributed by atoms with Gasteiger partial charge in [0, 0.05) is 36.7 Å². The Hall–Kier alpha value is -2.36. The van der Waals surface area contributed by atoms with E-state index in [0.717, 1.165) is 38.0 Å². The topological polar surface area (TPSA) is 36.4 Å². The summed E-state index contributed by atoms with van der Waals surface area (Å²) in [6.45, 7) is 3.94. The normalized spacial score (nSPS) is 20.1. The van der Waals surface area contributed by atoms with Crippen molar-refractivity contribution < 1.29 is 4.79 Å². The van der Waals surface area contributed by atoms with Crippen molar-refractivity contribution >= 4 is 17.3 Å². The van der Waals surface area contributed by atoms with Crippen LogP contribution in [0.25, 0.3) is 0 Å². The second-order valence-electron chi connectivity index (χ2n) is 6.80. The van der Waals surface area contributed by atoms with Gasteiger partial charge in [0.25, 0.3) is 5.91 Å². The number of pyridine rings is 1. The van der Waals surface area contributed by atoms with Gasteiger partial charge < -0.3 is 9.80 Å². The molecule has 4 heteroatoms. The molecule has 0 saturated carbocycles. The van der Waals surface area contributed by atoms with E-state index in [2.05, 4.69) is 41.1 Å². The number of fused-ring (bicyclic) bond motifs is 1. The Kier molecular flexibility index (Phi) is 3.97. The molecular weight excluding hydrogens is 298 g/mol. The van der Waals surface area contributed by atoms with Gasteiger partial charge in [-0.05, 0) is 56.4 Å². The molecule has 2 aliphatic rings. The molecule has 1 aromatic carbocycles. The first-order chi connectivity index (χ1) is 11.7. The molecule has 3 heterocycles. The molecule has 4 rings (SSSR count). The van der Waals surface area contributed by atoms with Crippen molar-refractivity contribution in [3.05, 3.63) is 53.9 Å². The van der Waals surface area contributed by atoms with Crippen molar-refractivity contribution in [2.75, 3.05) is 18.0 Å². The van der Waals surface area contributed by atoms with Crippen LogP contribution >= 0.6 is 0 Å². The SMILES string of the molecule is CC1Cc2ccccc2N1c1ccnc(C(=O)N2CCCCC2)c1. The summed E-state index contributed by atoms with van der Waals surface area (Å²) < 4.78 is 0. The first-order valence-electron chi connectivity index (χ1n) is 8.86. The van der Waals surface area contributed by atoms with Crippen LogP contribution in [-0.4, -0.2) is 34.9 Å². The van der Waals surface area contributed by atoms with Gasteiger partial charge in [-0.1, -0.05) is 18.2 Å². The van der Waals surface area contributed by atoms with Crippen LogP contribution < -0.4 is 4.90 Å². The van der Waals surface area contributed by atoms with Gasteiger partial charge in [-0.15, -0.1) is 0 Å². The molecule has 1 atom stereocenters. The number of carbonyl (C=O) groups excluding carboxylic acids is 1. The number of hydrogen-bond donors (Lipinski definition) is 0. The van der Waals surface area contributed by atoms with E-state index >= 15 is 0 Å². The molecule has 0 N–H and O–H groups in total. The van der Waals surface area contributed by atoms with Gasteiger partial charge in [0.1, 0.15) is 5.69 Å². The number of para-hydroxylation sites is 1. The molecule has 124 valence electrons. The Bertz CT molecular complexity index is 752.